The molecule has 7 nitrogen and oxygen atoms in total. The van der Waals surface area contributed by atoms with E-state index < -0.39 is 0 Å². The zero-order chi connectivity index (χ0) is 20.7. The average molecular weight is 384 g/mol. The molecule has 1 fully saturated rings. The zero-order valence-electron chi connectivity index (χ0n) is 17.2. The molecule has 0 amide bonds. The molecule has 0 unspecified atom stereocenters. The number of hydrogen-bond acceptors (Lipinski definition) is 6. The van der Waals surface area contributed by atoms with Crippen LogP contribution in [-0.4, -0.2) is 43.5 Å². The third kappa shape index (κ3) is 5.66. The van der Waals surface area contributed by atoms with Crippen LogP contribution in [0, 0.1) is 23.8 Å². The Morgan fingerprint density at radius 1 is 1.25 bits per heavy atom. The van der Waals surface area contributed by atoms with Gasteiger partial charge in [-0.25, -0.2) is 5.53 Å². The highest BCUT2D eigenvalue weighted by Crippen LogP contribution is 2.28. The molecule has 152 valence electrons. The van der Waals surface area contributed by atoms with Crippen LogP contribution >= 0.6 is 0 Å². The topological polar surface area (TPSA) is 119 Å². The fourth-order valence-electron chi connectivity index (χ4n) is 3.55. The van der Waals surface area contributed by atoms with E-state index in [1.807, 2.05) is 12.1 Å². The first-order chi connectivity index (χ1) is 13.3. The summed E-state index contributed by atoms with van der Waals surface area (Å²) in [5, 5.41) is 11.5. The molecule has 1 aromatic rings. The van der Waals surface area contributed by atoms with E-state index in [0.29, 0.717) is 5.92 Å². The number of nitrogens with one attached hydrogen (secondary N) is 2. The molecule has 0 aromatic heterocycles. The number of piperazine rings is 1. The number of aryl methyl sites for hydroxylation is 1. The van der Waals surface area contributed by atoms with Gasteiger partial charge in [0.1, 0.15) is 0 Å². The quantitative estimate of drug-likeness (QED) is 0.250. The van der Waals surface area contributed by atoms with E-state index in [-0.39, 0.29) is 5.84 Å². The van der Waals surface area contributed by atoms with Crippen molar-refractivity contribution in [3.63, 3.8) is 0 Å². The molecule has 1 saturated heterocycles. The number of benzene rings is 1. The van der Waals surface area contributed by atoms with Gasteiger partial charge in [-0.1, -0.05) is 13.8 Å². The summed E-state index contributed by atoms with van der Waals surface area (Å²) in [5.41, 5.74) is 23.7. The van der Waals surface area contributed by atoms with E-state index in [4.69, 9.17) is 22.4 Å². The first-order valence-electron chi connectivity index (χ1n) is 9.75. The lowest BCUT2D eigenvalue weighted by Gasteiger charge is -2.37. The summed E-state index contributed by atoms with van der Waals surface area (Å²) in [4.78, 5) is 4.62. The summed E-state index contributed by atoms with van der Waals surface area (Å²) in [6, 6.07) is 4.21. The van der Waals surface area contributed by atoms with Crippen LogP contribution in [0.4, 0.5) is 5.69 Å². The maximum atomic E-state index is 8.11. The van der Waals surface area contributed by atoms with Gasteiger partial charge in [0.2, 0.25) is 0 Å². The Hall–Kier alpha value is -2.67. The number of nitrogens with zero attached hydrogens (tertiary/aromatic N) is 3. The van der Waals surface area contributed by atoms with E-state index in [2.05, 4.69) is 41.8 Å². The van der Waals surface area contributed by atoms with Gasteiger partial charge in [0.15, 0.2) is 5.84 Å². The van der Waals surface area contributed by atoms with Crippen LogP contribution in [0.25, 0.3) is 0 Å². The van der Waals surface area contributed by atoms with E-state index in [1.54, 1.807) is 6.08 Å². The van der Waals surface area contributed by atoms with Crippen LogP contribution in [0.3, 0.4) is 0 Å². The molecule has 6 N–H and O–H groups in total. The monoisotopic (exact) mass is 383 g/mol. The van der Waals surface area contributed by atoms with Gasteiger partial charge in [-0.05, 0) is 60.9 Å². The van der Waals surface area contributed by atoms with Crippen molar-refractivity contribution in [1.82, 2.24) is 4.90 Å². The molecular weight excluding hydrogens is 350 g/mol. The third-order valence-corrected chi connectivity index (χ3v) is 4.99. The number of allylic oxidation sites excluding steroid dienone is 2. The summed E-state index contributed by atoms with van der Waals surface area (Å²) in [6.45, 7) is 10.7. The van der Waals surface area contributed by atoms with Gasteiger partial charge in [-0.3, -0.25) is 10.3 Å². The van der Waals surface area contributed by atoms with Gasteiger partial charge in [0, 0.05) is 49.7 Å². The van der Waals surface area contributed by atoms with E-state index in [1.165, 1.54) is 11.8 Å². The molecule has 0 spiro atoms. The van der Waals surface area contributed by atoms with Crippen molar-refractivity contribution in [3.8, 4) is 0 Å². The molecule has 0 saturated carbocycles. The normalized spacial score (nSPS) is 16.1. The Kier molecular flexibility index (Phi) is 7.75. The molecule has 0 bridgehead atoms. The summed E-state index contributed by atoms with van der Waals surface area (Å²) in [7, 11) is 0. The van der Waals surface area contributed by atoms with Crippen molar-refractivity contribution in [1.29, 1.82) is 10.9 Å². The van der Waals surface area contributed by atoms with Gasteiger partial charge in [0.25, 0.3) is 0 Å². The van der Waals surface area contributed by atoms with Crippen molar-refractivity contribution in [3.05, 3.63) is 52.9 Å². The minimum absolute atomic E-state index is 0.0115. The Morgan fingerprint density at radius 3 is 2.50 bits per heavy atom. The Morgan fingerprint density at radius 2 is 1.93 bits per heavy atom. The SMILES string of the molecule is Cc1cc(C(=N)N=N)c(N2CCN(C/C(N)=C/C=C\N)CC2)cc1CC(C)C. The van der Waals surface area contributed by atoms with Crippen molar-refractivity contribution < 1.29 is 0 Å². The van der Waals surface area contributed by atoms with Crippen LogP contribution in [0.5, 0.6) is 0 Å². The Bertz CT molecular complexity index is 756. The second-order valence-corrected chi connectivity index (χ2v) is 7.74. The van der Waals surface area contributed by atoms with E-state index in [0.717, 1.165) is 61.7 Å². The summed E-state index contributed by atoms with van der Waals surface area (Å²) in [5.74, 6) is 0.573. The average Bonchev–Trinajstić information content (AvgIpc) is 2.67. The molecule has 0 atom stereocenters. The summed E-state index contributed by atoms with van der Waals surface area (Å²) < 4.78 is 0. The molecule has 2 rings (SSSR count). The molecule has 28 heavy (non-hydrogen) atoms. The van der Waals surface area contributed by atoms with Gasteiger partial charge in [0.05, 0.1) is 0 Å². The number of amidine groups is 1. The van der Waals surface area contributed by atoms with Crippen molar-refractivity contribution in [2.24, 2.45) is 22.5 Å². The van der Waals surface area contributed by atoms with Crippen LogP contribution in [0.1, 0.15) is 30.5 Å². The minimum Gasteiger partial charge on any atom is -0.405 e. The van der Waals surface area contributed by atoms with Crippen molar-refractivity contribution >= 4 is 11.5 Å². The lowest BCUT2D eigenvalue weighted by Crippen LogP contribution is -2.47. The molecule has 7 heteroatoms. The molecule has 1 aromatic carbocycles. The zero-order valence-corrected chi connectivity index (χ0v) is 17.2. The second-order valence-electron chi connectivity index (χ2n) is 7.74. The summed E-state index contributed by atoms with van der Waals surface area (Å²) >= 11 is 0. The largest absolute Gasteiger partial charge is 0.405 e. The first kappa shape index (κ1) is 21.6. The fourth-order valence-corrected chi connectivity index (χ4v) is 3.55. The van der Waals surface area contributed by atoms with Crippen molar-refractivity contribution in [2.75, 3.05) is 37.6 Å². The van der Waals surface area contributed by atoms with Crippen LogP contribution < -0.4 is 16.4 Å². The lowest BCUT2D eigenvalue weighted by molar-refractivity contribution is 0.277. The van der Waals surface area contributed by atoms with Crippen LogP contribution in [0.15, 0.2) is 41.3 Å². The predicted octanol–water partition coefficient (Wildman–Crippen LogP) is 2.99. The predicted molar refractivity (Wildman–Crippen MR) is 116 cm³/mol. The van der Waals surface area contributed by atoms with Gasteiger partial charge < -0.3 is 16.4 Å². The standard InChI is InChI=1S/C21H33N7/c1-15(2)11-17-13-20(19(12-16(17)3)21(24)26-25)28-9-7-27(8-10-28)14-18(23)5-4-6-22/h4-6,12-13,15,24-25H,7-11,14,22-23H2,1-3H3/b6-4-,18-5-,24-21?,26-25?. The van der Waals surface area contributed by atoms with Gasteiger partial charge in [-0.15, -0.1) is 5.11 Å². The molecule has 0 radical (unpaired) electrons. The highest BCUT2D eigenvalue weighted by Gasteiger charge is 2.22. The van der Waals surface area contributed by atoms with Crippen LogP contribution in [0.2, 0.25) is 0 Å². The number of hydrogen-bond donors (Lipinski definition) is 4. The first-order valence-corrected chi connectivity index (χ1v) is 9.75. The molecule has 1 aliphatic heterocycles. The Balaban J connectivity index is 2.20. The maximum absolute atomic E-state index is 8.11. The highest BCUT2D eigenvalue weighted by atomic mass is 15.3. The highest BCUT2D eigenvalue weighted by molar-refractivity contribution is 6.02. The fraction of sp³-hybridized carbons (Fsp3) is 0.476. The lowest BCUT2D eigenvalue weighted by atomic mass is 9.94. The van der Waals surface area contributed by atoms with Gasteiger partial charge >= 0.3 is 0 Å². The Labute approximate surface area is 168 Å². The number of rotatable bonds is 7. The van der Waals surface area contributed by atoms with Crippen LogP contribution in [-0.2, 0) is 6.42 Å². The molecule has 1 aliphatic rings. The van der Waals surface area contributed by atoms with Crippen molar-refractivity contribution in [2.45, 2.75) is 27.2 Å². The van der Waals surface area contributed by atoms with Gasteiger partial charge in [-0.2, -0.15) is 0 Å². The second kappa shape index (κ2) is 10.0. The minimum atomic E-state index is 0.0115. The van der Waals surface area contributed by atoms with E-state index in [9.17, 15) is 0 Å². The molecule has 1 heterocycles. The third-order valence-electron chi connectivity index (χ3n) is 4.99. The number of anilines is 1. The molecular formula is C21H33N7. The van der Waals surface area contributed by atoms with E-state index >= 15 is 0 Å². The maximum Gasteiger partial charge on any atom is 0.175 e. The smallest absolute Gasteiger partial charge is 0.175 e. The summed E-state index contributed by atoms with van der Waals surface area (Å²) in [6.07, 6.45) is 6.06. The molecule has 0 aliphatic carbocycles. The number of nitrogens with two attached hydrogens (primary N) is 2.